The molecule has 0 saturated heterocycles. The normalized spacial score (nSPS) is 12.1. The van der Waals surface area contributed by atoms with E-state index in [1.807, 2.05) is 139 Å². The molecule has 9 aromatic carbocycles. The van der Waals surface area contributed by atoms with E-state index in [2.05, 4.69) is 67.8 Å². The van der Waals surface area contributed by atoms with Gasteiger partial charge >= 0.3 is 0 Å². The van der Waals surface area contributed by atoms with Crippen LogP contribution in [0.25, 0.3) is 0 Å². The fourth-order valence-corrected chi connectivity index (χ4v) is 15.9. The topological polar surface area (TPSA) is 306 Å². The van der Waals surface area contributed by atoms with Crippen molar-refractivity contribution in [1.82, 2.24) is 62.0 Å². The van der Waals surface area contributed by atoms with Crippen LogP contribution in [0.3, 0.4) is 0 Å². The van der Waals surface area contributed by atoms with Gasteiger partial charge in [0.2, 0.25) is 17.7 Å². The molecular weight excluding hydrogens is 1810 g/mol. The number of nitrogens with one attached hydrogen (secondary N) is 6. The van der Waals surface area contributed by atoms with E-state index in [4.69, 9.17) is 0 Å². The van der Waals surface area contributed by atoms with Gasteiger partial charge in [-0.1, -0.05) is 164 Å². The van der Waals surface area contributed by atoms with Gasteiger partial charge in [-0.15, -0.1) is 17.8 Å². The van der Waals surface area contributed by atoms with Gasteiger partial charge in [0.25, 0.3) is 35.4 Å². The zero-order valence-electron chi connectivity index (χ0n) is 82.5. The largest absolute Gasteiger partial charge is 0.390 e. The summed E-state index contributed by atoms with van der Waals surface area (Å²) in [5.74, 6) is 9.05. The molecule has 30 heteroatoms. The molecule has 0 aliphatic carbocycles. The quantitative estimate of drug-likeness (QED) is 0.00973. The molecule has 0 bridgehead atoms. The van der Waals surface area contributed by atoms with Crippen molar-refractivity contribution in [3.05, 3.63) is 319 Å². The predicted molar refractivity (Wildman–Crippen MR) is 535 cm³/mol. The summed E-state index contributed by atoms with van der Waals surface area (Å²) in [7, 11) is 1.57. The van der Waals surface area contributed by atoms with Crippen molar-refractivity contribution < 1.29 is 84.8 Å². The number of hydrogen-bond donors (Lipinski definition) is 9. The van der Waals surface area contributed by atoms with Crippen LogP contribution in [-0.4, -0.2) is 214 Å². The van der Waals surface area contributed by atoms with Gasteiger partial charge in [-0.2, -0.15) is 0 Å². The molecule has 6 atom stereocenters. The maximum atomic E-state index is 14.2. The van der Waals surface area contributed by atoms with Gasteiger partial charge in [0, 0.05) is 147 Å². The van der Waals surface area contributed by atoms with E-state index < -0.39 is 89.1 Å². The summed E-state index contributed by atoms with van der Waals surface area (Å²) >= 11 is 0. The van der Waals surface area contributed by atoms with E-state index in [1.165, 1.54) is 28.2 Å². The Labute approximate surface area is 824 Å². The van der Waals surface area contributed by atoms with Gasteiger partial charge in [0.05, 0.1) is 55.7 Å². The SMILES string of the molecule is CC#Cc1cc(C(=O)NC(Cc2cc(F)cc(F)c2)C(O)CN(C)NC(=O)Cc2ccccc2)cc(C(=O)N(CCC)CCC)c1.CC#Cc1cc(C(=O)NC(Cc2cc(F)cc(F)c2)C(O)CN(CC)NC(=O)Cc2ccccc2)cc(C(=O)N(CCC)CCC)c1.CC#Cc1cc(C(=O)NC(Cc2cc(F)cc(F)c2)C(O)CN(CCC)NC(=O)Cc2ccccc2)cc(C(=O)N(CCC)CCC)c1. The van der Waals surface area contributed by atoms with Crippen LogP contribution < -0.4 is 32.2 Å². The predicted octanol–water partition coefficient (Wildman–Crippen LogP) is 14.7. The molecule has 9 amide bonds. The Balaban J connectivity index is 0.000000287. The Morgan fingerprint density at radius 2 is 0.553 bits per heavy atom. The molecule has 9 aromatic rings. The lowest BCUT2D eigenvalue weighted by Crippen LogP contribution is -2.53. The van der Waals surface area contributed by atoms with Crippen LogP contribution in [0.5, 0.6) is 0 Å². The average molecular weight is 1940 g/mol. The molecule has 0 saturated carbocycles. The highest BCUT2D eigenvalue weighted by atomic mass is 19.2. The first-order chi connectivity index (χ1) is 67.6. The number of likely N-dealkylation sites (N-methyl/N-ethyl adjacent to an activating group) is 2. The second-order valence-electron chi connectivity index (χ2n) is 34.2. The summed E-state index contributed by atoms with van der Waals surface area (Å²) < 4.78 is 84.7. The number of aliphatic hydroxyl groups excluding tert-OH is 3. The number of benzene rings is 9. The van der Waals surface area contributed by atoms with Gasteiger partial charge in [-0.25, -0.2) is 41.4 Å². The van der Waals surface area contributed by atoms with Crippen LogP contribution in [0.4, 0.5) is 26.3 Å². The molecule has 0 fully saturated rings. The monoisotopic (exact) mass is 1940 g/mol. The number of halogens is 6. The summed E-state index contributed by atoms with van der Waals surface area (Å²) in [5, 5.41) is 47.1. The van der Waals surface area contributed by atoms with Crippen molar-refractivity contribution in [2.24, 2.45) is 0 Å². The number of hydrazine groups is 3. The van der Waals surface area contributed by atoms with E-state index in [1.54, 1.807) is 90.8 Å². The van der Waals surface area contributed by atoms with E-state index in [-0.39, 0.29) is 127 Å². The molecule has 0 aliphatic rings. The van der Waals surface area contributed by atoms with Crippen LogP contribution in [0.1, 0.15) is 233 Å². The second kappa shape index (κ2) is 60.3. The molecule has 9 rings (SSSR count). The van der Waals surface area contributed by atoms with Crippen molar-refractivity contribution >= 4 is 53.2 Å². The van der Waals surface area contributed by atoms with Gasteiger partial charge in [0.1, 0.15) is 34.9 Å². The summed E-state index contributed by atoms with van der Waals surface area (Å²) in [6.45, 7) is 24.4. The lowest BCUT2D eigenvalue weighted by atomic mass is 9.99. The van der Waals surface area contributed by atoms with E-state index in [9.17, 15) is 84.8 Å². The van der Waals surface area contributed by atoms with E-state index >= 15 is 0 Å². The molecule has 9 N–H and O–H groups in total. The molecule has 0 aromatic heterocycles. The zero-order chi connectivity index (χ0) is 103. The number of carbonyl (C=O) groups excluding carboxylic acids is 9. The van der Waals surface area contributed by atoms with Crippen molar-refractivity contribution in [1.29, 1.82) is 0 Å². The highest BCUT2D eigenvalue weighted by Gasteiger charge is 2.32. The van der Waals surface area contributed by atoms with Crippen molar-refractivity contribution in [3.63, 3.8) is 0 Å². The molecule has 750 valence electrons. The number of aliphatic hydroxyl groups is 3. The van der Waals surface area contributed by atoms with Crippen LogP contribution in [0.2, 0.25) is 0 Å². The third-order valence-corrected chi connectivity index (χ3v) is 22.1. The maximum absolute atomic E-state index is 14.2. The summed E-state index contributed by atoms with van der Waals surface area (Å²) in [6.07, 6.45) is 1.51. The molecule has 6 unspecified atom stereocenters. The number of carbonyl (C=O) groups is 9. The smallest absolute Gasteiger partial charge is 0.253 e. The molecule has 141 heavy (non-hydrogen) atoms. The molecule has 24 nitrogen and oxygen atoms in total. The minimum absolute atomic E-state index is 0.0782. The summed E-state index contributed by atoms with van der Waals surface area (Å²) in [4.78, 5) is 125. The molecule has 0 spiro atoms. The lowest BCUT2D eigenvalue weighted by molar-refractivity contribution is -0.126. The highest BCUT2D eigenvalue weighted by molar-refractivity contribution is 6.03. The Kier molecular flexibility index (Phi) is 48.8. The van der Waals surface area contributed by atoms with E-state index in [0.717, 1.165) is 110 Å². The maximum Gasteiger partial charge on any atom is 0.253 e. The molecule has 0 aliphatic heterocycles. The van der Waals surface area contributed by atoms with Gasteiger partial charge < -0.3 is 46.0 Å². The van der Waals surface area contributed by atoms with E-state index in [0.29, 0.717) is 92.2 Å². The number of amides is 9. The molecule has 0 radical (unpaired) electrons. The van der Waals surface area contributed by atoms with Crippen LogP contribution in [0.15, 0.2) is 200 Å². The van der Waals surface area contributed by atoms with Crippen LogP contribution >= 0.6 is 0 Å². The highest BCUT2D eigenvalue weighted by Crippen LogP contribution is 2.24. The van der Waals surface area contributed by atoms with Crippen LogP contribution in [0, 0.1) is 70.4 Å². The Morgan fingerprint density at radius 3 is 0.816 bits per heavy atom. The molecular formula is C111H132F6N12O12. The Bertz CT molecular complexity index is 5750. The number of nitrogens with zero attached hydrogens (tertiary/aromatic N) is 6. The van der Waals surface area contributed by atoms with Gasteiger partial charge in [-0.05, 0) is 209 Å². The minimum Gasteiger partial charge on any atom is -0.390 e. The number of hydrogen-bond acceptors (Lipinski definition) is 15. The summed E-state index contributed by atoms with van der Waals surface area (Å²) in [6, 6.07) is 47.6. The lowest BCUT2D eigenvalue weighted by Gasteiger charge is -2.30. The third kappa shape index (κ3) is 39.4. The fourth-order valence-electron chi connectivity index (χ4n) is 15.9. The standard InChI is InChI=1S/C38H46F2N4O4.C37H44F2N4O4.C36H42F2N4O4/c1-5-12-28-18-30(24-31(19-28)38(48)43(15-6-2)16-7-3)37(47)41-34(22-29-20-32(39)25-33(40)21-29)35(45)26-44(17-8-4)42-36(46)23-27-13-10-9-11-14-27;1-5-12-27-17-29(23-30(18-27)37(47)42(15-6-2)16-7-3)36(46)40-33(21-28-19-31(38)24-32(39)20-28)34(44)25-43(8-4)41-35(45)22-26-13-10-9-11-14-26;1-5-11-26-16-28(22-29(17-26)36(46)42(14-6-2)15-7-3)35(45)39-32(20-27-18-30(37)23-31(38)19-27)33(43)24-41(4)40-34(44)21-25-12-9-8-10-13-25/h9-11,13-14,18-21,24-25,34-35,45H,6-8,15-17,22-23,26H2,1-4H3,(H,41,47)(H,42,46);9-11,13-14,17-20,23-24,33-34,44H,6-8,15-16,21-22,25H2,1-4H3,(H,40,46)(H,41,45);8-10,12-13,16-19,22-23,32-33,43H,6-7,14-15,20-21,24H2,1-4H3,(H,39,45)(H,40,44). The van der Waals surface area contributed by atoms with Crippen molar-refractivity contribution in [3.8, 4) is 35.5 Å². The zero-order valence-corrected chi connectivity index (χ0v) is 82.5. The average Bonchev–Trinajstić information content (AvgIpc) is 0.822. The Hall–Kier alpha value is -13.8. The van der Waals surface area contributed by atoms with Gasteiger partial charge in [-0.3, -0.25) is 59.4 Å². The fraction of sp³-hybridized carbons (Fsp3) is 0.378. The minimum atomic E-state index is -1.28. The number of rotatable bonds is 48. The first kappa shape index (κ1) is 114. The van der Waals surface area contributed by atoms with Gasteiger partial charge in [0.15, 0.2) is 0 Å². The summed E-state index contributed by atoms with van der Waals surface area (Å²) in [5.41, 5.74) is 14.2. The van der Waals surface area contributed by atoms with Crippen LogP contribution in [-0.2, 0) is 52.9 Å². The molecule has 0 heterocycles. The first-order valence-corrected chi connectivity index (χ1v) is 47.8. The van der Waals surface area contributed by atoms with Crippen molar-refractivity contribution in [2.75, 3.05) is 79.0 Å². The van der Waals surface area contributed by atoms with Crippen molar-refractivity contribution in [2.45, 2.75) is 196 Å². The Morgan fingerprint density at radius 1 is 0.305 bits per heavy atom. The first-order valence-electron chi connectivity index (χ1n) is 47.8. The second-order valence-corrected chi connectivity index (χ2v) is 34.2. The third-order valence-electron chi connectivity index (χ3n) is 22.1.